The fraction of sp³-hybridized carbons (Fsp3) is 0.810. The van der Waals surface area contributed by atoms with Crippen LogP contribution in [0.25, 0.3) is 0 Å². The van der Waals surface area contributed by atoms with Crippen LogP contribution in [0.5, 0.6) is 0 Å². The highest BCUT2D eigenvalue weighted by molar-refractivity contribution is 5.85. The summed E-state index contributed by atoms with van der Waals surface area (Å²) >= 11 is 0. The van der Waals surface area contributed by atoms with Crippen molar-refractivity contribution in [2.45, 2.75) is 83.7 Å². The van der Waals surface area contributed by atoms with E-state index in [2.05, 4.69) is 19.1 Å². The molecule has 1 atom stereocenters. The molecule has 0 saturated heterocycles. The van der Waals surface area contributed by atoms with Gasteiger partial charge in [0.25, 0.3) is 0 Å². The Morgan fingerprint density at radius 1 is 0.963 bits per heavy atom. The van der Waals surface area contributed by atoms with Gasteiger partial charge in [-0.05, 0) is 25.7 Å². The lowest BCUT2D eigenvalue weighted by molar-refractivity contribution is -0.873. The maximum atomic E-state index is 11.9. The highest BCUT2D eigenvalue weighted by Gasteiger charge is 2.22. The summed E-state index contributed by atoms with van der Waals surface area (Å²) in [7, 11) is 5.81. The van der Waals surface area contributed by atoms with Crippen LogP contribution in [-0.2, 0) is 14.3 Å². The maximum absolute atomic E-state index is 11.9. The molecule has 0 aromatic carbocycles. The van der Waals surface area contributed by atoms with E-state index in [-0.39, 0.29) is 24.8 Å². The predicted octanol–water partition coefficient (Wildman–Crippen LogP) is 3.64. The molecule has 27 heavy (non-hydrogen) atoms. The molecule has 0 aliphatic heterocycles. The zero-order chi connectivity index (χ0) is 19.8. The number of hydrogen-bond donors (Lipinski definition) is 0. The molecule has 0 amide bonds. The summed E-state index contributed by atoms with van der Waals surface area (Å²) in [5.74, 6) is -1.51. The minimum Gasteiger partial charge on any atom is -0.550 e. The SMILES string of the molecule is CCCCCCCC/C=C\CCCC(=O)O[C@H](CC(=O)[O-])C[N+](C)(C)C.Cl. The largest absolute Gasteiger partial charge is 0.550 e. The number of carboxylic acid groups (broad SMARTS) is 1. The second-order valence-electron chi connectivity index (χ2n) is 8.08. The Hall–Kier alpha value is -1.07. The van der Waals surface area contributed by atoms with Crippen molar-refractivity contribution in [1.29, 1.82) is 0 Å². The van der Waals surface area contributed by atoms with Gasteiger partial charge in [-0.3, -0.25) is 4.79 Å². The van der Waals surface area contributed by atoms with Crippen LogP contribution in [0.1, 0.15) is 77.6 Å². The molecular weight excluding hydrogens is 366 g/mol. The van der Waals surface area contributed by atoms with E-state index in [4.69, 9.17) is 4.74 Å². The Kier molecular flexibility index (Phi) is 17.8. The number of carbonyl (C=O) groups is 2. The summed E-state index contributed by atoms with van der Waals surface area (Å²) in [5, 5.41) is 10.8. The summed E-state index contributed by atoms with van der Waals surface area (Å²) in [6.45, 7) is 2.68. The number of ether oxygens (including phenoxy) is 1. The molecule has 0 heterocycles. The third-order valence-corrected chi connectivity index (χ3v) is 4.09. The number of nitrogens with zero attached hydrogens (tertiary/aromatic N) is 1. The van der Waals surface area contributed by atoms with Crippen LogP contribution >= 0.6 is 12.4 Å². The van der Waals surface area contributed by atoms with Gasteiger partial charge in [-0.1, -0.05) is 51.2 Å². The molecule has 0 bridgehead atoms. The van der Waals surface area contributed by atoms with Crippen molar-refractivity contribution in [2.24, 2.45) is 0 Å². The normalized spacial score (nSPS) is 12.6. The van der Waals surface area contributed by atoms with Crippen molar-refractivity contribution in [3.8, 4) is 0 Å². The number of carbonyl (C=O) groups excluding carboxylic acids is 2. The molecule has 6 heteroatoms. The molecule has 0 rings (SSSR count). The van der Waals surface area contributed by atoms with Gasteiger partial charge in [0.05, 0.1) is 21.1 Å². The second kappa shape index (κ2) is 17.1. The number of hydrogen-bond acceptors (Lipinski definition) is 4. The van der Waals surface area contributed by atoms with Crippen LogP contribution in [-0.4, -0.2) is 50.2 Å². The zero-order valence-electron chi connectivity index (χ0n) is 17.7. The molecule has 0 aromatic heterocycles. The van der Waals surface area contributed by atoms with E-state index in [0.717, 1.165) is 19.3 Å². The van der Waals surface area contributed by atoms with E-state index in [9.17, 15) is 14.7 Å². The number of carboxylic acids is 1. The van der Waals surface area contributed by atoms with Crippen LogP contribution in [0.4, 0.5) is 0 Å². The minimum atomic E-state index is -1.19. The number of allylic oxidation sites excluding steroid dienone is 2. The molecule has 0 aromatic rings. The Bertz CT molecular complexity index is 419. The van der Waals surface area contributed by atoms with Crippen molar-refractivity contribution in [1.82, 2.24) is 0 Å². The summed E-state index contributed by atoms with van der Waals surface area (Å²) in [4.78, 5) is 22.7. The van der Waals surface area contributed by atoms with Crippen molar-refractivity contribution >= 4 is 24.3 Å². The van der Waals surface area contributed by atoms with E-state index in [0.29, 0.717) is 17.4 Å². The van der Waals surface area contributed by atoms with E-state index in [1.54, 1.807) is 0 Å². The monoisotopic (exact) mass is 405 g/mol. The van der Waals surface area contributed by atoms with Crippen LogP contribution < -0.4 is 5.11 Å². The Morgan fingerprint density at radius 3 is 2.07 bits per heavy atom. The quantitative estimate of drug-likeness (QED) is 0.170. The summed E-state index contributed by atoms with van der Waals surface area (Å²) in [6, 6.07) is 0. The first-order valence-electron chi connectivity index (χ1n) is 10.1. The molecule has 0 aliphatic carbocycles. The van der Waals surface area contributed by atoms with Crippen LogP contribution in [0.3, 0.4) is 0 Å². The summed E-state index contributed by atoms with van der Waals surface area (Å²) in [5.41, 5.74) is 0. The molecule has 0 N–H and O–H groups in total. The molecule has 0 fully saturated rings. The molecule has 0 saturated carbocycles. The third-order valence-electron chi connectivity index (χ3n) is 4.09. The first-order valence-corrected chi connectivity index (χ1v) is 10.1. The average molecular weight is 406 g/mol. The van der Waals surface area contributed by atoms with Gasteiger partial charge in [0, 0.05) is 18.8 Å². The second-order valence-corrected chi connectivity index (χ2v) is 8.08. The molecule has 160 valence electrons. The van der Waals surface area contributed by atoms with Crippen LogP contribution in [0.2, 0.25) is 0 Å². The fourth-order valence-corrected chi connectivity index (χ4v) is 2.83. The van der Waals surface area contributed by atoms with Crippen LogP contribution in [0, 0.1) is 0 Å². The first-order chi connectivity index (χ1) is 12.2. The van der Waals surface area contributed by atoms with E-state index in [1.165, 1.54) is 38.5 Å². The van der Waals surface area contributed by atoms with Crippen molar-refractivity contribution < 1.29 is 23.9 Å². The summed E-state index contributed by atoms with van der Waals surface area (Å²) < 4.78 is 5.86. The van der Waals surface area contributed by atoms with Crippen molar-refractivity contribution in [3.63, 3.8) is 0 Å². The van der Waals surface area contributed by atoms with Gasteiger partial charge in [0.2, 0.25) is 0 Å². The van der Waals surface area contributed by atoms with Crippen molar-refractivity contribution in [2.75, 3.05) is 27.7 Å². The van der Waals surface area contributed by atoms with Crippen molar-refractivity contribution in [3.05, 3.63) is 12.2 Å². The highest BCUT2D eigenvalue weighted by Crippen LogP contribution is 2.09. The highest BCUT2D eigenvalue weighted by atomic mass is 35.5. The first kappa shape index (κ1) is 28.1. The number of likely N-dealkylation sites (N-methyl/N-ethyl adjacent to an activating group) is 1. The smallest absolute Gasteiger partial charge is 0.306 e. The van der Waals surface area contributed by atoms with Gasteiger partial charge in [-0.2, -0.15) is 0 Å². The average Bonchev–Trinajstić information content (AvgIpc) is 2.50. The lowest BCUT2D eigenvalue weighted by Crippen LogP contribution is -2.45. The van der Waals surface area contributed by atoms with Crippen LogP contribution in [0.15, 0.2) is 12.2 Å². The minimum absolute atomic E-state index is 0. The predicted molar refractivity (Wildman–Crippen MR) is 111 cm³/mol. The number of esters is 1. The molecule has 5 nitrogen and oxygen atoms in total. The Balaban J connectivity index is 0. The number of aliphatic carboxylic acids is 1. The number of unbranched alkanes of at least 4 members (excludes halogenated alkanes) is 7. The Labute approximate surface area is 172 Å². The van der Waals surface area contributed by atoms with Gasteiger partial charge >= 0.3 is 5.97 Å². The van der Waals surface area contributed by atoms with E-state index < -0.39 is 12.1 Å². The number of quaternary nitrogens is 1. The lowest BCUT2D eigenvalue weighted by atomic mass is 10.1. The number of halogens is 1. The van der Waals surface area contributed by atoms with Gasteiger partial charge < -0.3 is 19.1 Å². The number of rotatable bonds is 16. The van der Waals surface area contributed by atoms with E-state index in [1.807, 2.05) is 21.1 Å². The van der Waals surface area contributed by atoms with Gasteiger partial charge in [-0.15, -0.1) is 12.4 Å². The molecule has 0 unspecified atom stereocenters. The van der Waals surface area contributed by atoms with E-state index >= 15 is 0 Å². The van der Waals surface area contributed by atoms with Gasteiger partial charge in [-0.25, -0.2) is 0 Å². The topological polar surface area (TPSA) is 66.4 Å². The van der Waals surface area contributed by atoms with Gasteiger partial charge in [0.15, 0.2) is 6.10 Å². The molecule has 0 aliphatic rings. The molecular formula is C21H40ClNO4. The maximum Gasteiger partial charge on any atom is 0.306 e. The lowest BCUT2D eigenvalue weighted by Gasteiger charge is -2.29. The molecule has 0 radical (unpaired) electrons. The fourth-order valence-electron chi connectivity index (χ4n) is 2.83. The van der Waals surface area contributed by atoms with Gasteiger partial charge in [0.1, 0.15) is 6.54 Å². The third kappa shape index (κ3) is 21.1. The standard InChI is InChI=1S/C21H39NO4.ClH/c1-5-6-7-8-9-10-11-12-13-14-15-16-21(25)26-19(17-20(23)24)18-22(2,3)4;/h12-13,19H,5-11,14-18H2,1-4H3;1H/b13-12-;/t19-;/m1./s1. The summed E-state index contributed by atoms with van der Waals surface area (Å²) in [6.07, 6.45) is 14.3. The zero-order valence-corrected chi connectivity index (χ0v) is 18.5. The molecule has 0 spiro atoms. The Morgan fingerprint density at radius 2 is 1.52 bits per heavy atom.